The molecule has 1 rings (SSSR count). The first-order valence-corrected chi connectivity index (χ1v) is 5.74. The van der Waals surface area contributed by atoms with Crippen molar-refractivity contribution >= 4 is 5.91 Å². The van der Waals surface area contributed by atoms with E-state index in [-0.39, 0.29) is 17.9 Å². The third-order valence-corrected chi connectivity index (χ3v) is 2.81. The van der Waals surface area contributed by atoms with Crippen molar-refractivity contribution in [2.75, 3.05) is 6.54 Å². The Kier molecular flexibility index (Phi) is 4.99. The number of benzene rings is 1. The predicted octanol–water partition coefficient (Wildman–Crippen LogP) is 1.85. The fourth-order valence-corrected chi connectivity index (χ4v) is 1.62. The summed E-state index contributed by atoms with van der Waals surface area (Å²) in [7, 11) is 0. The second-order valence-corrected chi connectivity index (χ2v) is 3.98. The Hall–Kier alpha value is -1.35. The first-order chi connectivity index (χ1) is 7.69. The molecule has 0 unspecified atom stereocenters. The van der Waals surface area contributed by atoms with Gasteiger partial charge in [0.05, 0.1) is 6.04 Å². The summed E-state index contributed by atoms with van der Waals surface area (Å²) in [6.45, 7) is 4.37. The normalized spacial score (nSPS) is 14.2. The highest BCUT2D eigenvalue weighted by Crippen LogP contribution is 2.12. The van der Waals surface area contributed by atoms with E-state index in [1.165, 1.54) is 0 Å². The van der Waals surface area contributed by atoms with Crippen molar-refractivity contribution in [2.45, 2.75) is 26.3 Å². The van der Waals surface area contributed by atoms with Crippen LogP contribution in [0, 0.1) is 5.92 Å². The first kappa shape index (κ1) is 12.7. The van der Waals surface area contributed by atoms with Gasteiger partial charge in [-0.15, -0.1) is 0 Å². The zero-order valence-electron chi connectivity index (χ0n) is 9.94. The summed E-state index contributed by atoms with van der Waals surface area (Å²) in [5, 5.41) is 2.98. The zero-order valence-corrected chi connectivity index (χ0v) is 9.94. The number of carbonyl (C=O) groups excluding carboxylic acids is 1. The monoisotopic (exact) mass is 220 g/mol. The summed E-state index contributed by atoms with van der Waals surface area (Å²) in [5.74, 6) is -0.0347. The fourth-order valence-electron chi connectivity index (χ4n) is 1.62. The van der Waals surface area contributed by atoms with E-state index in [1.807, 2.05) is 44.2 Å². The topological polar surface area (TPSA) is 55.1 Å². The van der Waals surface area contributed by atoms with Gasteiger partial charge in [0.1, 0.15) is 0 Å². The third-order valence-electron chi connectivity index (χ3n) is 2.81. The summed E-state index contributed by atoms with van der Waals surface area (Å²) >= 11 is 0. The zero-order chi connectivity index (χ0) is 12.0. The van der Waals surface area contributed by atoms with Crippen molar-refractivity contribution < 1.29 is 4.79 Å². The lowest BCUT2D eigenvalue weighted by Gasteiger charge is -2.18. The maximum atomic E-state index is 11.8. The minimum absolute atomic E-state index is 0.0364. The van der Waals surface area contributed by atoms with Crippen molar-refractivity contribution in [1.82, 2.24) is 5.32 Å². The van der Waals surface area contributed by atoms with Gasteiger partial charge in [0, 0.05) is 12.5 Å². The van der Waals surface area contributed by atoms with E-state index in [2.05, 4.69) is 5.32 Å². The second kappa shape index (κ2) is 6.28. The molecule has 1 aromatic rings. The molecule has 1 aromatic carbocycles. The second-order valence-electron chi connectivity index (χ2n) is 3.98. The Bertz CT molecular complexity index is 320. The van der Waals surface area contributed by atoms with E-state index in [9.17, 15) is 4.79 Å². The average Bonchev–Trinajstić information content (AvgIpc) is 2.31. The number of amides is 1. The van der Waals surface area contributed by atoms with Crippen LogP contribution in [0.1, 0.15) is 31.9 Å². The molecule has 0 saturated heterocycles. The Balaban J connectivity index is 2.58. The van der Waals surface area contributed by atoms with E-state index in [0.29, 0.717) is 6.54 Å². The number of nitrogens with two attached hydrogens (primary N) is 1. The molecule has 3 heteroatoms. The number of rotatable bonds is 5. The lowest BCUT2D eigenvalue weighted by atomic mass is 10.0. The largest absolute Gasteiger partial charge is 0.349 e. The van der Waals surface area contributed by atoms with E-state index in [4.69, 9.17) is 5.73 Å². The third kappa shape index (κ3) is 3.35. The Morgan fingerprint density at radius 3 is 2.50 bits per heavy atom. The molecule has 0 aliphatic rings. The maximum Gasteiger partial charge on any atom is 0.224 e. The summed E-state index contributed by atoms with van der Waals surface area (Å²) in [6, 6.07) is 9.96. The molecule has 0 heterocycles. The Morgan fingerprint density at radius 1 is 1.38 bits per heavy atom. The van der Waals surface area contributed by atoms with E-state index >= 15 is 0 Å². The maximum absolute atomic E-state index is 11.8. The van der Waals surface area contributed by atoms with Gasteiger partial charge in [0.15, 0.2) is 0 Å². The molecule has 0 aliphatic carbocycles. The molecule has 0 radical (unpaired) electrons. The molecule has 3 nitrogen and oxygen atoms in total. The van der Waals surface area contributed by atoms with Gasteiger partial charge in [-0.1, -0.05) is 37.3 Å². The van der Waals surface area contributed by atoms with Crippen LogP contribution in [0.15, 0.2) is 30.3 Å². The van der Waals surface area contributed by atoms with Crippen molar-refractivity contribution in [3.05, 3.63) is 35.9 Å². The molecule has 0 aromatic heterocycles. The molecule has 88 valence electrons. The van der Waals surface area contributed by atoms with Gasteiger partial charge < -0.3 is 11.1 Å². The lowest BCUT2D eigenvalue weighted by molar-refractivity contribution is -0.125. The van der Waals surface area contributed by atoms with Crippen molar-refractivity contribution in [3.8, 4) is 0 Å². The van der Waals surface area contributed by atoms with Crippen LogP contribution in [-0.4, -0.2) is 12.5 Å². The van der Waals surface area contributed by atoms with Crippen molar-refractivity contribution in [1.29, 1.82) is 0 Å². The van der Waals surface area contributed by atoms with Crippen LogP contribution in [0.25, 0.3) is 0 Å². The average molecular weight is 220 g/mol. The predicted molar refractivity (Wildman–Crippen MR) is 65.8 cm³/mol. The SMILES string of the molecule is CC[C@@H](CN)C(=O)N[C@H](C)c1ccccc1. The Labute approximate surface area is 97.0 Å². The first-order valence-electron chi connectivity index (χ1n) is 5.74. The molecule has 0 bridgehead atoms. The van der Waals surface area contributed by atoms with Crippen LogP contribution in [0.3, 0.4) is 0 Å². The van der Waals surface area contributed by atoms with E-state index in [0.717, 1.165) is 12.0 Å². The quantitative estimate of drug-likeness (QED) is 0.795. The summed E-state index contributed by atoms with van der Waals surface area (Å²) in [6.07, 6.45) is 0.782. The summed E-state index contributed by atoms with van der Waals surface area (Å²) < 4.78 is 0. The standard InChI is InChI=1S/C13H20N2O/c1-3-11(9-14)13(16)15-10(2)12-7-5-4-6-8-12/h4-8,10-11H,3,9,14H2,1-2H3,(H,15,16)/t10-,11+/m1/s1. The molecule has 3 N–H and O–H groups in total. The molecule has 2 atom stereocenters. The highest BCUT2D eigenvalue weighted by molar-refractivity contribution is 5.79. The summed E-state index contributed by atoms with van der Waals surface area (Å²) in [4.78, 5) is 11.8. The van der Waals surface area contributed by atoms with Gasteiger partial charge in [0.25, 0.3) is 0 Å². The van der Waals surface area contributed by atoms with Gasteiger partial charge >= 0.3 is 0 Å². The van der Waals surface area contributed by atoms with Crippen molar-refractivity contribution in [2.24, 2.45) is 11.7 Å². The minimum Gasteiger partial charge on any atom is -0.349 e. The molecule has 0 spiro atoms. The number of hydrogen-bond donors (Lipinski definition) is 2. The molecule has 1 amide bonds. The van der Waals surface area contributed by atoms with Crippen LogP contribution >= 0.6 is 0 Å². The molecular formula is C13H20N2O. The molecule has 0 fully saturated rings. The van der Waals surface area contributed by atoms with Crippen molar-refractivity contribution in [3.63, 3.8) is 0 Å². The van der Waals surface area contributed by atoms with Gasteiger partial charge in [-0.3, -0.25) is 4.79 Å². The minimum atomic E-state index is -0.0776. The highest BCUT2D eigenvalue weighted by atomic mass is 16.1. The number of carbonyl (C=O) groups is 1. The number of hydrogen-bond acceptors (Lipinski definition) is 2. The van der Waals surface area contributed by atoms with Crippen LogP contribution in [0.5, 0.6) is 0 Å². The molecule has 0 saturated carbocycles. The van der Waals surface area contributed by atoms with Gasteiger partial charge in [-0.25, -0.2) is 0 Å². The highest BCUT2D eigenvalue weighted by Gasteiger charge is 2.16. The summed E-state index contributed by atoms with van der Waals surface area (Å²) in [5.41, 5.74) is 6.65. The smallest absolute Gasteiger partial charge is 0.224 e. The fraction of sp³-hybridized carbons (Fsp3) is 0.462. The molecule has 0 aliphatic heterocycles. The van der Waals surface area contributed by atoms with Gasteiger partial charge in [-0.05, 0) is 18.9 Å². The van der Waals surface area contributed by atoms with Crippen LogP contribution in [-0.2, 0) is 4.79 Å². The van der Waals surface area contributed by atoms with Crippen LogP contribution in [0.4, 0.5) is 0 Å². The van der Waals surface area contributed by atoms with E-state index in [1.54, 1.807) is 0 Å². The lowest BCUT2D eigenvalue weighted by Crippen LogP contribution is -2.36. The van der Waals surface area contributed by atoms with Gasteiger partial charge in [0.2, 0.25) is 5.91 Å². The molecular weight excluding hydrogens is 200 g/mol. The van der Waals surface area contributed by atoms with Gasteiger partial charge in [-0.2, -0.15) is 0 Å². The van der Waals surface area contributed by atoms with Crippen LogP contribution in [0.2, 0.25) is 0 Å². The molecule has 16 heavy (non-hydrogen) atoms. The van der Waals surface area contributed by atoms with Crippen LogP contribution < -0.4 is 11.1 Å². The van der Waals surface area contributed by atoms with E-state index < -0.39 is 0 Å². The number of nitrogens with one attached hydrogen (secondary N) is 1. The Morgan fingerprint density at radius 2 is 2.00 bits per heavy atom.